The fourth-order valence-electron chi connectivity index (χ4n) is 1.93. The molecule has 1 aromatic rings. The van der Waals surface area contributed by atoms with E-state index in [9.17, 15) is 5.11 Å². The molecule has 1 aliphatic carbocycles. The molecule has 0 unspecified atom stereocenters. The number of aliphatic hydroxyl groups excluding tert-OH is 1. The molecule has 1 fully saturated rings. The average Bonchev–Trinajstić information content (AvgIpc) is 3.08. The maximum absolute atomic E-state index is 9.32. The topological polar surface area (TPSA) is 45.6 Å². The van der Waals surface area contributed by atoms with Crippen molar-refractivity contribution in [2.75, 3.05) is 18.6 Å². The summed E-state index contributed by atoms with van der Waals surface area (Å²) in [6.07, 6.45) is 3.67. The Morgan fingerprint density at radius 2 is 2.29 bits per heavy atom. The van der Waals surface area contributed by atoms with Gasteiger partial charge in [-0.25, -0.2) is 4.98 Å². The van der Waals surface area contributed by atoms with Crippen LogP contribution in [0.1, 0.15) is 36.8 Å². The fraction of sp³-hybridized carbons (Fsp3) is 0.750. The molecule has 1 saturated carbocycles. The van der Waals surface area contributed by atoms with Crippen LogP contribution in [0.3, 0.4) is 0 Å². The number of nitrogens with zero attached hydrogens (tertiary/aromatic N) is 2. The molecule has 96 valence electrons. The van der Waals surface area contributed by atoms with Gasteiger partial charge in [-0.15, -0.1) is 0 Å². The Morgan fingerprint density at radius 3 is 2.82 bits per heavy atom. The molecule has 0 bridgehead atoms. The van der Waals surface area contributed by atoms with Crippen molar-refractivity contribution in [1.82, 2.24) is 4.98 Å². The highest BCUT2D eigenvalue weighted by Gasteiger charge is 2.30. The van der Waals surface area contributed by atoms with Gasteiger partial charge in [0.25, 0.3) is 0 Å². The number of anilines is 1. The van der Waals surface area contributed by atoms with Crippen molar-refractivity contribution in [1.29, 1.82) is 0 Å². The molecule has 1 aromatic heterocycles. The smallest absolute Gasteiger partial charge is 0.186 e. The molecule has 0 aromatic carbocycles. The molecular weight excluding hydrogens is 236 g/mol. The third-order valence-corrected chi connectivity index (χ3v) is 4.01. The number of ether oxygens (including phenoxy) is 1. The van der Waals surface area contributed by atoms with E-state index in [1.807, 2.05) is 0 Å². The minimum atomic E-state index is 0.0565. The number of rotatable bonds is 7. The molecule has 0 saturated heterocycles. The van der Waals surface area contributed by atoms with Crippen LogP contribution in [0.25, 0.3) is 0 Å². The third kappa shape index (κ3) is 2.97. The highest BCUT2D eigenvalue weighted by atomic mass is 32.1. The molecule has 1 heterocycles. The Morgan fingerprint density at radius 1 is 1.53 bits per heavy atom. The molecule has 1 N–H and O–H groups in total. The molecule has 0 amide bonds. The number of hydrogen-bond acceptors (Lipinski definition) is 5. The summed E-state index contributed by atoms with van der Waals surface area (Å²) in [6, 6.07) is 0.669. The Kier molecular flexibility index (Phi) is 4.36. The van der Waals surface area contributed by atoms with Gasteiger partial charge in [-0.2, -0.15) is 0 Å². The Balaban J connectivity index is 2.17. The van der Waals surface area contributed by atoms with Gasteiger partial charge in [0.1, 0.15) is 0 Å². The molecule has 0 aliphatic heterocycles. The van der Waals surface area contributed by atoms with Crippen LogP contribution in [0.5, 0.6) is 0 Å². The fourth-order valence-corrected chi connectivity index (χ4v) is 2.95. The SMILES string of the molecule is CCCN(c1nc(COC)c(CO)s1)C1CC1. The van der Waals surface area contributed by atoms with E-state index >= 15 is 0 Å². The second-order valence-electron chi connectivity index (χ2n) is 4.38. The van der Waals surface area contributed by atoms with Gasteiger partial charge in [-0.3, -0.25) is 0 Å². The minimum Gasteiger partial charge on any atom is -0.391 e. The second kappa shape index (κ2) is 5.80. The van der Waals surface area contributed by atoms with E-state index in [0.717, 1.165) is 28.7 Å². The first-order valence-corrected chi connectivity index (χ1v) is 6.96. The summed E-state index contributed by atoms with van der Waals surface area (Å²) in [5, 5.41) is 10.4. The van der Waals surface area contributed by atoms with Crippen molar-refractivity contribution in [3.05, 3.63) is 10.6 Å². The first-order chi connectivity index (χ1) is 8.30. The number of methoxy groups -OCH3 is 1. The quantitative estimate of drug-likeness (QED) is 0.812. The molecular formula is C12H20N2O2S. The predicted molar refractivity (Wildman–Crippen MR) is 69.4 cm³/mol. The highest BCUT2D eigenvalue weighted by molar-refractivity contribution is 7.15. The number of aromatic nitrogens is 1. The zero-order valence-corrected chi connectivity index (χ0v) is 11.3. The van der Waals surface area contributed by atoms with Crippen molar-refractivity contribution < 1.29 is 9.84 Å². The molecule has 2 rings (SSSR count). The van der Waals surface area contributed by atoms with Crippen LogP contribution in [0, 0.1) is 0 Å². The van der Waals surface area contributed by atoms with Gasteiger partial charge in [0.05, 0.1) is 23.8 Å². The first kappa shape index (κ1) is 12.8. The van der Waals surface area contributed by atoms with Crippen LogP contribution in [-0.2, 0) is 18.0 Å². The summed E-state index contributed by atoms with van der Waals surface area (Å²) >= 11 is 1.60. The zero-order valence-electron chi connectivity index (χ0n) is 10.5. The van der Waals surface area contributed by atoms with E-state index in [1.54, 1.807) is 18.4 Å². The maximum atomic E-state index is 9.32. The first-order valence-electron chi connectivity index (χ1n) is 6.15. The van der Waals surface area contributed by atoms with Crippen molar-refractivity contribution in [3.63, 3.8) is 0 Å². The van der Waals surface area contributed by atoms with Crippen molar-refractivity contribution in [2.45, 2.75) is 45.4 Å². The van der Waals surface area contributed by atoms with Crippen molar-refractivity contribution in [2.24, 2.45) is 0 Å². The van der Waals surface area contributed by atoms with E-state index in [0.29, 0.717) is 12.6 Å². The van der Waals surface area contributed by atoms with E-state index in [1.165, 1.54) is 12.8 Å². The lowest BCUT2D eigenvalue weighted by Gasteiger charge is -2.20. The van der Waals surface area contributed by atoms with Gasteiger partial charge < -0.3 is 14.7 Å². The van der Waals surface area contributed by atoms with Crippen molar-refractivity contribution >= 4 is 16.5 Å². The van der Waals surface area contributed by atoms with Crippen LogP contribution in [0.2, 0.25) is 0 Å². The van der Waals surface area contributed by atoms with Gasteiger partial charge in [0.2, 0.25) is 0 Å². The van der Waals surface area contributed by atoms with Gasteiger partial charge in [-0.1, -0.05) is 18.3 Å². The lowest BCUT2D eigenvalue weighted by Crippen LogP contribution is -2.26. The molecule has 1 aliphatic rings. The summed E-state index contributed by atoms with van der Waals surface area (Å²) in [7, 11) is 1.66. The maximum Gasteiger partial charge on any atom is 0.186 e. The van der Waals surface area contributed by atoms with Crippen molar-refractivity contribution in [3.8, 4) is 0 Å². The third-order valence-electron chi connectivity index (χ3n) is 2.89. The molecule has 17 heavy (non-hydrogen) atoms. The summed E-state index contributed by atoms with van der Waals surface area (Å²) in [6.45, 7) is 3.78. The molecule has 0 radical (unpaired) electrons. The summed E-state index contributed by atoms with van der Waals surface area (Å²) in [5.41, 5.74) is 0.886. The highest BCUT2D eigenvalue weighted by Crippen LogP contribution is 2.35. The second-order valence-corrected chi connectivity index (χ2v) is 5.44. The minimum absolute atomic E-state index is 0.0565. The number of aliphatic hydroxyl groups is 1. The van der Waals surface area contributed by atoms with Crippen LogP contribution in [0.15, 0.2) is 0 Å². The Labute approximate surface area is 106 Å². The summed E-state index contributed by atoms with van der Waals surface area (Å²) in [5.74, 6) is 0. The van der Waals surface area contributed by atoms with Gasteiger partial charge in [0.15, 0.2) is 5.13 Å². The lowest BCUT2D eigenvalue weighted by molar-refractivity contribution is 0.179. The monoisotopic (exact) mass is 256 g/mol. The van der Waals surface area contributed by atoms with E-state index in [4.69, 9.17) is 4.74 Å². The van der Waals surface area contributed by atoms with Crippen LogP contribution >= 0.6 is 11.3 Å². The molecule has 0 spiro atoms. The molecule has 5 heteroatoms. The standard InChI is InChI=1S/C12H20N2O2S/c1-3-6-14(9-4-5-9)12-13-10(8-16-2)11(7-15)17-12/h9,15H,3-8H2,1-2H3. The van der Waals surface area contributed by atoms with Crippen LogP contribution in [0.4, 0.5) is 5.13 Å². The van der Waals surface area contributed by atoms with Gasteiger partial charge in [0, 0.05) is 19.7 Å². The van der Waals surface area contributed by atoms with Crippen LogP contribution in [-0.4, -0.2) is 29.8 Å². The largest absolute Gasteiger partial charge is 0.391 e. The lowest BCUT2D eigenvalue weighted by atomic mass is 10.4. The van der Waals surface area contributed by atoms with Gasteiger partial charge in [-0.05, 0) is 19.3 Å². The van der Waals surface area contributed by atoms with E-state index in [2.05, 4.69) is 16.8 Å². The Bertz CT molecular complexity index is 363. The molecule has 0 atom stereocenters. The summed E-state index contributed by atoms with van der Waals surface area (Å²) in [4.78, 5) is 7.92. The average molecular weight is 256 g/mol. The van der Waals surface area contributed by atoms with Crippen LogP contribution < -0.4 is 4.90 Å². The van der Waals surface area contributed by atoms with Gasteiger partial charge >= 0.3 is 0 Å². The predicted octanol–water partition coefficient (Wildman–Crippen LogP) is 2.16. The molecule has 4 nitrogen and oxygen atoms in total. The normalized spacial score (nSPS) is 15.2. The summed E-state index contributed by atoms with van der Waals surface area (Å²) < 4.78 is 5.11. The number of hydrogen-bond donors (Lipinski definition) is 1. The Hall–Kier alpha value is -0.650. The number of thiazole rings is 1. The van der Waals surface area contributed by atoms with E-state index < -0.39 is 0 Å². The van der Waals surface area contributed by atoms with E-state index in [-0.39, 0.29) is 6.61 Å². The zero-order chi connectivity index (χ0) is 12.3.